The zero-order valence-corrected chi connectivity index (χ0v) is 17.2. The first-order chi connectivity index (χ1) is 14.9. The SMILES string of the molecule is COC(=O)c1cc(NC(=O)/C=C/c2ccc(N3CCCC3=O)cc2)cc(C(=O)OC)c1. The molecule has 0 unspecified atom stereocenters. The molecule has 1 N–H and O–H groups in total. The summed E-state index contributed by atoms with van der Waals surface area (Å²) >= 11 is 0. The zero-order valence-electron chi connectivity index (χ0n) is 17.2. The normalized spacial score (nSPS) is 13.4. The molecule has 2 amide bonds. The number of hydrogen-bond acceptors (Lipinski definition) is 6. The molecule has 2 aromatic carbocycles. The Balaban J connectivity index is 1.71. The molecule has 8 nitrogen and oxygen atoms in total. The molecular weight excluding hydrogens is 400 g/mol. The monoisotopic (exact) mass is 422 g/mol. The van der Waals surface area contributed by atoms with Gasteiger partial charge in [0.15, 0.2) is 0 Å². The minimum atomic E-state index is -0.645. The first-order valence-corrected chi connectivity index (χ1v) is 9.62. The van der Waals surface area contributed by atoms with Gasteiger partial charge in [0.05, 0.1) is 25.3 Å². The molecule has 0 spiro atoms. The van der Waals surface area contributed by atoms with Gasteiger partial charge in [-0.25, -0.2) is 9.59 Å². The lowest BCUT2D eigenvalue weighted by Crippen LogP contribution is -2.23. The minimum Gasteiger partial charge on any atom is -0.465 e. The highest BCUT2D eigenvalue weighted by Gasteiger charge is 2.21. The number of anilines is 2. The number of hydrogen-bond donors (Lipinski definition) is 1. The van der Waals surface area contributed by atoms with Gasteiger partial charge in [-0.2, -0.15) is 0 Å². The Kier molecular flexibility index (Phi) is 6.81. The van der Waals surface area contributed by atoms with Crippen LogP contribution in [0.5, 0.6) is 0 Å². The second-order valence-electron chi connectivity index (χ2n) is 6.85. The van der Waals surface area contributed by atoms with E-state index in [0.29, 0.717) is 13.0 Å². The Morgan fingerprint density at radius 1 is 0.968 bits per heavy atom. The highest BCUT2D eigenvalue weighted by molar-refractivity contribution is 6.04. The van der Waals surface area contributed by atoms with E-state index in [1.165, 1.54) is 38.5 Å². The predicted molar refractivity (Wildman–Crippen MR) is 115 cm³/mol. The average molecular weight is 422 g/mol. The van der Waals surface area contributed by atoms with Gasteiger partial charge in [-0.1, -0.05) is 12.1 Å². The summed E-state index contributed by atoms with van der Waals surface area (Å²) in [6.45, 7) is 0.717. The first kappa shape index (κ1) is 21.8. The van der Waals surface area contributed by atoms with E-state index in [1.807, 2.05) is 24.3 Å². The fraction of sp³-hybridized carbons (Fsp3) is 0.217. The summed E-state index contributed by atoms with van der Waals surface area (Å²) in [6, 6.07) is 11.5. The molecule has 3 rings (SSSR count). The van der Waals surface area contributed by atoms with E-state index in [-0.39, 0.29) is 22.7 Å². The van der Waals surface area contributed by atoms with Crippen LogP contribution in [0.3, 0.4) is 0 Å². The maximum Gasteiger partial charge on any atom is 0.337 e. The fourth-order valence-corrected chi connectivity index (χ4v) is 3.21. The van der Waals surface area contributed by atoms with E-state index in [4.69, 9.17) is 0 Å². The summed E-state index contributed by atoms with van der Waals surface area (Å²) < 4.78 is 9.36. The van der Waals surface area contributed by atoms with Gasteiger partial charge in [-0.3, -0.25) is 9.59 Å². The average Bonchev–Trinajstić information content (AvgIpc) is 3.22. The lowest BCUT2D eigenvalue weighted by molar-refractivity contribution is -0.117. The number of nitrogens with zero attached hydrogens (tertiary/aromatic N) is 1. The molecule has 0 aliphatic carbocycles. The molecule has 1 aliphatic rings. The molecular formula is C23H22N2O6. The summed E-state index contributed by atoms with van der Waals surface area (Å²) in [5.41, 5.74) is 2.08. The summed E-state index contributed by atoms with van der Waals surface area (Å²) in [5, 5.41) is 2.62. The second-order valence-corrected chi connectivity index (χ2v) is 6.85. The van der Waals surface area contributed by atoms with Crippen LogP contribution in [0.1, 0.15) is 39.1 Å². The number of esters is 2. The van der Waals surface area contributed by atoms with Crippen molar-refractivity contribution in [2.24, 2.45) is 0 Å². The third kappa shape index (κ3) is 5.36. The highest BCUT2D eigenvalue weighted by atomic mass is 16.5. The van der Waals surface area contributed by atoms with Crippen LogP contribution in [-0.2, 0) is 19.1 Å². The molecule has 1 fully saturated rings. The maximum atomic E-state index is 12.3. The molecule has 0 bridgehead atoms. The third-order valence-electron chi connectivity index (χ3n) is 4.75. The van der Waals surface area contributed by atoms with Gasteiger partial charge in [-0.05, 0) is 48.4 Å². The van der Waals surface area contributed by atoms with Gasteiger partial charge in [0.1, 0.15) is 0 Å². The minimum absolute atomic E-state index is 0.108. The fourth-order valence-electron chi connectivity index (χ4n) is 3.21. The van der Waals surface area contributed by atoms with Crippen LogP contribution in [0.2, 0.25) is 0 Å². The molecule has 1 aliphatic heterocycles. The smallest absolute Gasteiger partial charge is 0.337 e. The van der Waals surface area contributed by atoms with Gasteiger partial charge >= 0.3 is 11.9 Å². The van der Waals surface area contributed by atoms with E-state index < -0.39 is 17.8 Å². The molecule has 1 saturated heterocycles. The second kappa shape index (κ2) is 9.71. The standard InChI is InChI=1S/C23H22N2O6/c1-30-22(28)16-12-17(23(29)31-2)14-18(13-16)24-20(26)10-7-15-5-8-19(9-6-15)25-11-3-4-21(25)27/h5-10,12-14H,3-4,11H2,1-2H3,(H,24,26)/b10-7+. The number of carbonyl (C=O) groups excluding carboxylic acids is 4. The maximum absolute atomic E-state index is 12.3. The van der Waals surface area contributed by atoms with E-state index >= 15 is 0 Å². The largest absolute Gasteiger partial charge is 0.465 e. The topological polar surface area (TPSA) is 102 Å². The van der Waals surface area contributed by atoms with Crippen LogP contribution in [0, 0.1) is 0 Å². The summed E-state index contributed by atoms with van der Waals surface area (Å²) in [5.74, 6) is -1.62. The van der Waals surface area contributed by atoms with Crippen molar-refractivity contribution >= 4 is 41.2 Å². The predicted octanol–water partition coefficient (Wildman–Crippen LogP) is 3.04. The van der Waals surface area contributed by atoms with Crippen LogP contribution < -0.4 is 10.2 Å². The summed E-state index contributed by atoms with van der Waals surface area (Å²) in [7, 11) is 2.44. The van der Waals surface area contributed by atoms with Crippen molar-refractivity contribution < 1.29 is 28.7 Å². The number of rotatable bonds is 6. The summed E-state index contributed by atoms with van der Waals surface area (Å²) in [6.07, 6.45) is 4.38. The van der Waals surface area contributed by atoms with Gasteiger partial charge in [0, 0.05) is 30.4 Å². The van der Waals surface area contributed by atoms with Gasteiger partial charge < -0.3 is 19.7 Å². The number of methoxy groups -OCH3 is 2. The molecule has 0 saturated carbocycles. The third-order valence-corrected chi connectivity index (χ3v) is 4.75. The van der Waals surface area contributed by atoms with Crippen LogP contribution in [0.4, 0.5) is 11.4 Å². The molecule has 2 aromatic rings. The van der Waals surface area contributed by atoms with E-state index in [2.05, 4.69) is 14.8 Å². The number of ether oxygens (including phenoxy) is 2. The van der Waals surface area contributed by atoms with Gasteiger partial charge in [0.2, 0.25) is 11.8 Å². The number of carbonyl (C=O) groups is 4. The van der Waals surface area contributed by atoms with Gasteiger partial charge in [-0.15, -0.1) is 0 Å². The van der Waals surface area contributed by atoms with Crippen molar-refractivity contribution in [3.05, 3.63) is 65.2 Å². The molecule has 8 heteroatoms. The zero-order chi connectivity index (χ0) is 22.4. The Bertz CT molecular complexity index is 1010. The van der Waals surface area contributed by atoms with Gasteiger partial charge in [0.25, 0.3) is 0 Å². The summed E-state index contributed by atoms with van der Waals surface area (Å²) in [4.78, 5) is 49.6. The Morgan fingerprint density at radius 3 is 2.10 bits per heavy atom. The number of amides is 2. The highest BCUT2D eigenvalue weighted by Crippen LogP contribution is 2.22. The van der Waals surface area contributed by atoms with Crippen molar-refractivity contribution in [2.45, 2.75) is 12.8 Å². The van der Waals surface area contributed by atoms with Crippen molar-refractivity contribution in [2.75, 3.05) is 31.0 Å². The number of benzene rings is 2. The quantitative estimate of drug-likeness (QED) is 0.567. The molecule has 0 radical (unpaired) electrons. The van der Waals surface area contributed by atoms with Crippen LogP contribution in [0.25, 0.3) is 6.08 Å². The van der Waals surface area contributed by atoms with Crippen LogP contribution in [-0.4, -0.2) is 44.5 Å². The van der Waals surface area contributed by atoms with Crippen molar-refractivity contribution in [1.29, 1.82) is 0 Å². The Labute approximate surface area is 179 Å². The van der Waals surface area contributed by atoms with Crippen molar-refractivity contribution in [3.63, 3.8) is 0 Å². The van der Waals surface area contributed by atoms with Crippen LogP contribution >= 0.6 is 0 Å². The lowest BCUT2D eigenvalue weighted by atomic mass is 10.1. The van der Waals surface area contributed by atoms with Crippen molar-refractivity contribution in [1.82, 2.24) is 0 Å². The molecule has 160 valence electrons. The van der Waals surface area contributed by atoms with E-state index in [0.717, 1.165) is 17.7 Å². The van der Waals surface area contributed by atoms with E-state index in [1.54, 1.807) is 11.0 Å². The Hall–Kier alpha value is -3.94. The van der Waals surface area contributed by atoms with E-state index in [9.17, 15) is 19.2 Å². The lowest BCUT2D eigenvalue weighted by Gasteiger charge is -2.15. The van der Waals surface area contributed by atoms with Crippen molar-refractivity contribution in [3.8, 4) is 0 Å². The Morgan fingerprint density at radius 2 is 1.58 bits per heavy atom. The number of nitrogens with one attached hydrogen (secondary N) is 1. The molecule has 31 heavy (non-hydrogen) atoms. The first-order valence-electron chi connectivity index (χ1n) is 9.62. The molecule has 0 atom stereocenters. The molecule has 0 aromatic heterocycles. The van der Waals surface area contributed by atoms with Crippen LogP contribution in [0.15, 0.2) is 48.5 Å². The molecule has 1 heterocycles.